The van der Waals surface area contributed by atoms with Gasteiger partial charge in [0.05, 0.1) is 10.8 Å². The van der Waals surface area contributed by atoms with Crippen molar-refractivity contribution < 1.29 is 4.79 Å². The quantitative estimate of drug-likeness (QED) is 0.643. The first kappa shape index (κ1) is 16.0. The molecule has 3 rings (SSSR count). The molecule has 6 heteroatoms. The number of likely N-dealkylation sites (N-methyl/N-ethyl adjacent to an activating group) is 1. The van der Waals surface area contributed by atoms with Crippen molar-refractivity contribution in [1.29, 1.82) is 0 Å². The maximum atomic E-state index is 12.3. The van der Waals surface area contributed by atoms with E-state index in [-0.39, 0.29) is 5.91 Å². The van der Waals surface area contributed by atoms with Crippen molar-refractivity contribution in [2.45, 2.75) is 11.4 Å². The van der Waals surface area contributed by atoms with E-state index >= 15 is 0 Å². The molecule has 0 radical (unpaired) electrons. The van der Waals surface area contributed by atoms with Crippen LogP contribution in [0.4, 0.5) is 0 Å². The fraction of sp³-hybridized carbons (Fsp3) is 0.235. The normalized spacial score (nSPS) is 10.8. The Labute approximate surface area is 143 Å². The smallest absolute Gasteiger partial charge is 0.232 e. The van der Waals surface area contributed by atoms with Crippen LogP contribution in [0.15, 0.2) is 53.1 Å². The van der Waals surface area contributed by atoms with Gasteiger partial charge in [-0.3, -0.25) is 4.79 Å². The second kappa shape index (κ2) is 7.57. The predicted octanol–water partition coefficient (Wildman–Crippen LogP) is 3.48. The summed E-state index contributed by atoms with van der Waals surface area (Å²) in [5.41, 5.74) is 0. The highest BCUT2D eigenvalue weighted by molar-refractivity contribution is 8.00. The van der Waals surface area contributed by atoms with Crippen molar-refractivity contribution in [3.63, 3.8) is 0 Å². The average molecular weight is 343 g/mol. The van der Waals surface area contributed by atoms with Crippen molar-refractivity contribution in [2.75, 3.05) is 19.3 Å². The van der Waals surface area contributed by atoms with Crippen LogP contribution in [0.5, 0.6) is 0 Å². The van der Waals surface area contributed by atoms with Gasteiger partial charge in [0, 0.05) is 43.2 Å². The number of carbonyl (C=O) groups excluding carboxylic acids is 1. The summed E-state index contributed by atoms with van der Waals surface area (Å²) in [6, 6.07) is 10.1. The van der Waals surface area contributed by atoms with Gasteiger partial charge in [0.25, 0.3) is 0 Å². The number of nitrogens with zero attached hydrogens (tertiary/aromatic N) is 3. The predicted molar refractivity (Wildman–Crippen MR) is 95.9 cm³/mol. The molecule has 0 fully saturated rings. The van der Waals surface area contributed by atoms with Gasteiger partial charge in [-0.25, -0.2) is 9.97 Å². The summed E-state index contributed by atoms with van der Waals surface area (Å²) in [6.45, 7) is 0.690. The van der Waals surface area contributed by atoms with Gasteiger partial charge >= 0.3 is 0 Å². The molecule has 0 aliphatic carbocycles. The van der Waals surface area contributed by atoms with Gasteiger partial charge in [0.15, 0.2) is 0 Å². The molecule has 0 aliphatic rings. The summed E-state index contributed by atoms with van der Waals surface area (Å²) in [4.78, 5) is 22.7. The van der Waals surface area contributed by atoms with Gasteiger partial charge in [0.2, 0.25) is 5.91 Å². The first-order valence-corrected chi connectivity index (χ1v) is 9.19. The number of hydrogen-bond acceptors (Lipinski definition) is 5. The molecule has 0 spiro atoms. The molecule has 3 aromatic rings. The molecule has 23 heavy (non-hydrogen) atoms. The maximum absolute atomic E-state index is 12.3. The first-order chi connectivity index (χ1) is 11.2. The number of amides is 1. The largest absolute Gasteiger partial charge is 0.345 e. The van der Waals surface area contributed by atoms with Crippen molar-refractivity contribution in [2.24, 2.45) is 0 Å². The number of aromatic nitrogens is 2. The van der Waals surface area contributed by atoms with E-state index in [0.717, 1.165) is 27.2 Å². The second-order valence-electron chi connectivity index (χ2n) is 5.12. The zero-order valence-electron chi connectivity index (χ0n) is 12.8. The van der Waals surface area contributed by atoms with E-state index in [1.54, 1.807) is 28.6 Å². The number of fused-ring (bicyclic) bond motifs is 1. The molecule has 1 aromatic carbocycles. The van der Waals surface area contributed by atoms with E-state index in [1.165, 1.54) is 11.8 Å². The minimum absolute atomic E-state index is 0.112. The van der Waals surface area contributed by atoms with Crippen LogP contribution in [-0.2, 0) is 11.2 Å². The van der Waals surface area contributed by atoms with Crippen LogP contribution in [0.2, 0.25) is 0 Å². The fourth-order valence-corrected chi connectivity index (χ4v) is 3.78. The Morgan fingerprint density at radius 2 is 2.09 bits per heavy atom. The highest BCUT2D eigenvalue weighted by Gasteiger charge is 2.11. The number of thiazole rings is 1. The molecule has 2 heterocycles. The van der Waals surface area contributed by atoms with Crippen LogP contribution in [0.3, 0.4) is 0 Å². The first-order valence-electron chi connectivity index (χ1n) is 7.33. The summed E-state index contributed by atoms with van der Waals surface area (Å²) in [5.74, 6) is 0.510. The van der Waals surface area contributed by atoms with Crippen molar-refractivity contribution in [1.82, 2.24) is 14.9 Å². The summed E-state index contributed by atoms with van der Waals surface area (Å²) >= 11 is 3.12. The van der Waals surface area contributed by atoms with Gasteiger partial charge in [-0.2, -0.15) is 0 Å². The number of hydrogen-bond donors (Lipinski definition) is 0. The third kappa shape index (κ3) is 4.09. The standard InChI is InChI=1S/C17H17N3OS2/c1-20(10-7-15-18-9-11-22-15)16(21)12-23-17-14-5-3-2-4-13(14)6-8-19-17/h2-6,8-9,11H,7,10,12H2,1H3. The van der Waals surface area contributed by atoms with Crippen LogP contribution in [0.25, 0.3) is 10.8 Å². The third-order valence-electron chi connectivity index (χ3n) is 3.54. The van der Waals surface area contributed by atoms with Crippen molar-refractivity contribution in [3.8, 4) is 0 Å². The zero-order chi connectivity index (χ0) is 16.1. The molecule has 118 valence electrons. The van der Waals surface area contributed by atoms with Gasteiger partial charge in [0.1, 0.15) is 5.03 Å². The second-order valence-corrected chi connectivity index (χ2v) is 7.06. The zero-order valence-corrected chi connectivity index (χ0v) is 14.4. The molecular weight excluding hydrogens is 326 g/mol. The van der Waals surface area contributed by atoms with Crippen LogP contribution in [-0.4, -0.2) is 40.1 Å². The minimum atomic E-state index is 0.112. The molecular formula is C17H17N3OS2. The molecule has 0 saturated carbocycles. The summed E-state index contributed by atoms with van der Waals surface area (Å²) in [7, 11) is 1.84. The highest BCUT2D eigenvalue weighted by atomic mass is 32.2. The van der Waals surface area contributed by atoms with E-state index in [4.69, 9.17) is 0 Å². The van der Waals surface area contributed by atoms with Gasteiger partial charge in [-0.05, 0) is 11.5 Å². The lowest BCUT2D eigenvalue weighted by Gasteiger charge is -2.16. The number of rotatable bonds is 6. The summed E-state index contributed by atoms with van der Waals surface area (Å²) < 4.78 is 0. The van der Waals surface area contributed by atoms with Crippen LogP contribution < -0.4 is 0 Å². The van der Waals surface area contributed by atoms with Gasteiger partial charge < -0.3 is 4.90 Å². The number of carbonyl (C=O) groups is 1. The van der Waals surface area contributed by atoms with Gasteiger partial charge in [-0.1, -0.05) is 36.0 Å². The topological polar surface area (TPSA) is 46.1 Å². The molecule has 4 nitrogen and oxygen atoms in total. The fourth-order valence-electron chi connectivity index (χ4n) is 2.21. The molecule has 0 atom stereocenters. The molecule has 0 unspecified atom stereocenters. The Hall–Kier alpha value is -1.92. The van der Waals surface area contributed by atoms with E-state index in [0.29, 0.717) is 12.3 Å². The Morgan fingerprint density at radius 1 is 1.22 bits per heavy atom. The monoisotopic (exact) mass is 343 g/mol. The average Bonchev–Trinajstić information content (AvgIpc) is 3.11. The minimum Gasteiger partial charge on any atom is -0.345 e. The van der Waals surface area contributed by atoms with E-state index < -0.39 is 0 Å². The molecule has 0 bridgehead atoms. The Bertz CT molecular complexity index is 784. The molecule has 0 saturated heterocycles. The molecule has 0 N–H and O–H groups in total. The molecule has 0 aliphatic heterocycles. The summed E-state index contributed by atoms with van der Waals surface area (Å²) in [6.07, 6.45) is 4.39. The van der Waals surface area contributed by atoms with E-state index in [9.17, 15) is 4.79 Å². The number of pyridine rings is 1. The van der Waals surface area contributed by atoms with E-state index in [1.807, 2.05) is 36.7 Å². The molecule has 1 amide bonds. The third-order valence-corrected chi connectivity index (χ3v) is 5.37. The van der Waals surface area contributed by atoms with Crippen molar-refractivity contribution >= 4 is 39.8 Å². The Balaban J connectivity index is 1.57. The molecule has 2 aromatic heterocycles. The highest BCUT2D eigenvalue weighted by Crippen LogP contribution is 2.25. The summed E-state index contributed by atoms with van der Waals surface area (Å²) in [5, 5.41) is 6.17. The van der Waals surface area contributed by atoms with Crippen LogP contribution >= 0.6 is 23.1 Å². The number of benzene rings is 1. The lowest BCUT2D eigenvalue weighted by atomic mass is 10.2. The number of thioether (sulfide) groups is 1. The lowest BCUT2D eigenvalue weighted by Crippen LogP contribution is -2.30. The van der Waals surface area contributed by atoms with Gasteiger partial charge in [-0.15, -0.1) is 11.3 Å². The lowest BCUT2D eigenvalue weighted by molar-refractivity contribution is -0.127. The Kier molecular flexibility index (Phi) is 5.25. The van der Waals surface area contributed by atoms with Crippen LogP contribution in [0.1, 0.15) is 5.01 Å². The maximum Gasteiger partial charge on any atom is 0.232 e. The Morgan fingerprint density at radius 3 is 2.91 bits per heavy atom. The van der Waals surface area contributed by atoms with Crippen molar-refractivity contribution in [3.05, 3.63) is 53.1 Å². The SMILES string of the molecule is CN(CCc1nccs1)C(=O)CSc1nccc2ccccc12. The van der Waals surface area contributed by atoms with Crippen LogP contribution in [0, 0.1) is 0 Å². The van der Waals surface area contributed by atoms with E-state index in [2.05, 4.69) is 16.0 Å².